The number of nitrogens with one attached hydrogen (secondary N) is 3. The molecular formula is C18H27FN4O. The molecule has 0 radical (unpaired) electrons. The smallest absolute Gasteiger partial charge is 0.226 e. The van der Waals surface area contributed by atoms with Gasteiger partial charge in [0.2, 0.25) is 5.91 Å². The number of hydrazine groups is 1. The van der Waals surface area contributed by atoms with Crippen molar-refractivity contribution in [1.82, 2.24) is 21.1 Å². The van der Waals surface area contributed by atoms with Crippen molar-refractivity contribution in [3.63, 3.8) is 0 Å². The van der Waals surface area contributed by atoms with Crippen LogP contribution in [0.15, 0.2) is 24.3 Å². The molecule has 2 saturated heterocycles. The third kappa shape index (κ3) is 4.12. The molecule has 0 saturated carbocycles. The summed E-state index contributed by atoms with van der Waals surface area (Å²) in [6, 6.07) is 6.50. The first-order chi connectivity index (χ1) is 11.7. The second-order valence-electron chi connectivity index (χ2n) is 6.79. The summed E-state index contributed by atoms with van der Waals surface area (Å²) < 4.78 is 13.1. The molecule has 2 atom stereocenters. The van der Waals surface area contributed by atoms with Crippen LogP contribution in [-0.2, 0) is 4.79 Å². The predicted molar refractivity (Wildman–Crippen MR) is 91.7 cm³/mol. The maximum absolute atomic E-state index is 13.1. The Hall–Kier alpha value is -1.50. The van der Waals surface area contributed by atoms with Crippen LogP contribution in [0.4, 0.5) is 4.39 Å². The maximum atomic E-state index is 13.1. The number of nitrogens with zero attached hydrogens (tertiary/aromatic N) is 1. The fraction of sp³-hybridized carbons (Fsp3) is 0.611. The van der Waals surface area contributed by atoms with E-state index in [1.807, 2.05) is 0 Å². The van der Waals surface area contributed by atoms with Crippen molar-refractivity contribution in [1.29, 1.82) is 0 Å². The molecule has 0 aromatic heterocycles. The lowest BCUT2D eigenvalue weighted by Crippen LogP contribution is -2.47. The SMILES string of the molecule is CCCN1CCC(NC(=O)C2CNNC2c2ccc(F)cc2)CC1. The number of likely N-dealkylation sites (tertiary alicyclic amines) is 1. The van der Waals surface area contributed by atoms with Gasteiger partial charge in [-0.1, -0.05) is 19.1 Å². The molecule has 0 spiro atoms. The zero-order chi connectivity index (χ0) is 16.9. The number of carbonyl (C=O) groups is 1. The van der Waals surface area contributed by atoms with E-state index in [0.717, 1.165) is 38.0 Å². The number of hydrogen-bond acceptors (Lipinski definition) is 4. The van der Waals surface area contributed by atoms with Crippen LogP contribution in [0.3, 0.4) is 0 Å². The van der Waals surface area contributed by atoms with Gasteiger partial charge in [0.15, 0.2) is 0 Å². The van der Waals surface area contributed by atoms with E-state index in [1.54, 1.807) is 12.1 Å². The van der Waals surface area contributed by atoms with Crippen LogP contribution < -0.4 is 16.2 Å². The maximum Gasteiger partial charge on any atom is 0.226 e. The van der Waals surface area contributed by atoms with E-state index in [1.165, 1.54) is 18.6 Å². The minimum Gasteiger partial charge on any atom is -0.353 e. The standard InChI is InChI=1S/C18H27FN4O/c1-2-9-23-10-7-15(8-11-23)21-18(24)16-12-20-22-17(16)13-3-5-14(19)6-4-13/h3-6,15-17,20,22H,2,7-12H2,1H3,(H,21,24). The quantitative estimate of drug-likeness (QED) is 0.765. The zero-order valence-electron chi connectivity index (χ0n) is 14.2. The highest BCUT2D eigenvalue weighted by molar-refractivity contribution is 5.80. The van der Waals surface area contributed by atoms with Crippen LogP contribution in [0.25, 0.3) is 0 Å². The lowest BCUT2D eigenvalue weighted by atomic mass is 9.93. The highest BCUT2D eigenvalue weighted by Crippen LogP contribution is 2.25. The Balaban J connectivity index is 1.55. The van der Waals surface area contributed by atoms with E-state index in [9.17, 15) is 9.18 Å². The van der Waals surface area contributed by atoms with E-state index in [2.05, 4.69) is 28.0 Å². The number of halogens is 1. The van der Waals surface area contributed by atoms with Crippen molar-refractivity contribution in [2.24, 2.45) is 5.92 Å². The first kappa shape index (κ1) is 17.3. The lowest BCUT2D eigenvalue weighted by molar-refractivity contribution is -0.126. The second-order valence-corrected chi connectivity index (χ2v) is 6.79. The zero-order valence-corrected chi connectivity index (χ0v) is 14.2. The summed E-state index contributed by atoms with van der Waals surface area (Å²) in [6.07, 6.45) is 3.21. The third-order valence-electron chi connectivity index (χ3n) is 5.02. The molecule has 5 nitrogen and oxygen atoms in total. The lowest BCUT2D eigenvalue weighted by Gasteiger charge is -2.33. The molecule has 1 aromatic carbocycles. The average molecular weight is 334 g/mol. The molecule has 0 aliphatic carbocycles. The number of amides is 1. The summed E-state index contributed by atoms with van der Waals surface area (Å²) in [5.41, 5.74) is 7.14. The summed E-state index contributed by atoms with van der Waals surface area (Å²) in [5.74, 6) is -0.357. The number of hydrogen-bond donors (Lipinski definition) is 3. The van der Waals surface area contributed by atoms with Gasteiger partial charge < -0.3 is 10.2 Å². The van der Waals surface area contributed by atoms with Crippen molar-refractivity contribution < 1.29 is 9.18 Å². The predicted octanol–water partition coefficient (Wildman–Crippen LogP) is 1.58. The molecule has 1 amide bonds. The van der Waals surface area contributed by atoms with Gasteiger partial charge in [0, 0.05) is 25.7 Å². The van der Waals surface area contributed by atoms with Gasteiger partial charge in [-0.15, -0.1) is 0 Å². The molecule has 2 heterocycles. The summed E-state index contributed by atoms with van der Waals surface area (Å²) in [5, 5.41) is 3.21. The fourth-order valence-corrected chi connectivity index (χ4v) is 3.65. The largest absolute Gasteiger partial charge is 0.353 e. The van der Waals surface area contributed by atoms with Gasteiger partial charge in [-0.3, -0.25) is 10.2 Å². The third-order valence-corrected chi connectivity index (χ3v) is 5.02. The summed E-state index contributed by atoms with van der Waals surface area (Å²) >= 11 is 0. The highest BCUT2D eigenvalue weighted by atomic mass is 19.1. The topological polar surface area (TPSA) is 56.4 Å². The first-order valence-electron chi connectivity index (χ1n) is 8.94. The Morgan fingerprint density at radius 2 is 2.00 bits per heavy atom. The van der Waals surface area contributed by atoms with Crippen LogP contribution in [0, 0.1) is 11.7 Å². The van der Waals surface area contributed by atoms with Crippen molar-refractivity contribution in [3.8, 4) is 0 Å². The van der Waals surface area contributed by atoms with Crippen LogP contribution in [0.5, 0.6) is 0 Å². The molecule has 6 heteroatoms. The molecular weight excluding hydrogens is 307 g/mol. The molecule has 0 bridgehead atoms. The molecule has 2 aliphatic heterocycles. The van der Waals surface area contributed by atoms with Crippen molar-refractivity contribution >= 4 is 5.91 Å². The van der Waals surface area contributed by atoms with Gasteiger partial charge >= 0.3 is 0 Å². The van der Waals surface area contributed by atoms with Crippen LogP contribution in [0.1, 0.15) is 37.8 Å². The normalized spacial score (nSPS) is 25.8. The molecule has 3 N–H and O–H groups in total. The van der Waals surface area contributed by atoms with E-state index in [0.29, 0.717) is 6.54 Å². The Kier molecular flexibility index (Phi) is 5.81. The summed E-state index contributed by atoms with van der Waals surface area (Å²) in [7, 11) is 0. The molecule has 24 heavy (non-hydrogen) atoms. The molecule has 2 aliphatic rings. The van der Waals surface area contributed by atoms with Gasteiger partial charge in [0.25, 0.3) is 0 Å². The number of carbonyl (C=O) groups excluding carboxylic acids is 1. The van der Waals surface area contributed by atoms with E-state index in [4.69, 9.17) is 0 Å². The fourth-order valence-electron chi connectivity index (χ4n) is 3.65. The van der Waals surface area contributed by atoms with Gasteiger partial charge in [-0.05, 0) is 43.5 Å². The van der Waals surface area contributed by atoms with E-state index < -0.39 is 0 Å². The summed E-state index contributed by atoms with van der Waals surface area (Å²) in [4.78, 5) is 15.2. The van der Waals surface area contributed by atoms with Crippen molar-refractivity contribution in [2.75, 3.05) is 26.2 Å². The molecule has 2 unspecified atom stereocenters. The van der Waals surface area contributed by atoms with Crippen molar-refractivity contribution in [2.45, 2.75) is 38.3 Å². The highest BCUT2D eigenvalue weighted by Gasteiger charge is 2.35. The average Bonchev–Trinajstić information content (AvgIpc) is 3.07. The molecule has 3 rings (SSSR count). The molecule has 132 valence electrons. The Bertz CT molecular complexity index is 542. The molecule has 1 aromatic rings. The Labute approximate surface area is 143 Å². The number of rotatable bonds is 5. The van der Waals surface area contributed by atoms with E-state index in [-0.39, 0.29) is 29.7 Å². The van der Waals surface area contributed by atoms with Crippen LogP contribution in [-0.4, -0.2) is 43.0 Å². The minimum absolute atomic E-state index is 0.0794. The minimum atomic E-state index is -0.260. The van der Waals surface area contributed by atoms with Gasteiger partial charge in [0.05, 0.1) is 12.0 Å². The van der Waals surface area contributed by atoms with Crippen LogP contribution in [0.2, 0.25) is 0 Å². The number of benzene rings is 1. The van der Waals surface area contributed by atoms with Gasteiger partial charge in [-0.25, -0.2) is 9.82 Å². The first-order valence-corrected chi connectivity index (χ1v) is 8.94. The van der Waals surface area contributed by atoms with Crippen LogP contribution >= 0.6 is 0 Å². The van der Waals surface area contributed by atoms with E-state index >= 15 is 0 Å². The van der Waals surface area contributed by atoms with Gasteiger partial charge in [-0.2, -0.15) is 0 Å². The van der Waals surface area contributed by atoms with Crippen molar-refractivity contribution in [3.05, 3.63) is 35.6 Å². The van der Waals surface area contributed by atoms with Gasteiger partial charge in [0.1, 0.15) is 5.82 Å². The monoisotopic (exact) mass is 334 g/mol. The summed E-state index contributed by atoms with van der Waals surface area (Å²) in [6.45, 7) is 6.04. The molecule has 2 fully saturated rings. The Morgan fingerprint density at radius 3 is 2.67 bits per heavy atom. The Morgan fingerprint density at radius 1 is 1.29 bits per heavy atom. The number of piperidine rings is 1. The second kappa shape index (κ2) is 8.05.